The van der Waals surface area contributed by atoms with Gasteiger partial charge in [-0.2, -0.15) is 17.4 Å². The molecule has 112 valence electrons. The van der Waals surface area contributed by atoms with Crippen LogP contribution in [0.4, 0.5) is 0 Å². The summed E-state index contributed by atoms with van der Waals surface area (Å²) < 4.78 is 32.8. The average molecular weight is 294 g/mol. The van der Waals surface area contributed by atoms with Crippen LogP contribution in [0.1, 0.15) is 33.1 Å². The molecule has 0 aliphatic carbocycles. The van der Waals surface area contributed by atoms with Crippen molar-refractivity contribution in [3.63, 3.8) is 0 Å². The van der Waals surface area contributed by atoms with Gasteiger partial charge in [0.2, 0.25) is 0 Å². The van der Waals surface area contributed by atoms with E-state index in [1.807, 2.05) is 0 Å². The van der Waals surface area contributed by atoms with Gasteiger partial charge in [-0.1, -0.05) is 6.92 Å². The van der Waals surface area contributed by atoms with Crippen molar-refractivity contribution in [2.75, 3.05) is 19.8 Å². The standard InChI is InChI=1S/C11H22N2O5S/c1-3-9(8-14)12-19(16,17)13-7-5-6-10(13)11(15)18-4-2/h9-10,12,14H,3-8H2,1-2H3/t9-,10?/m0/s1. The maximum Gasteiger partial charge on any atom is 0.324 e. The Morgan fingerprint density at radius 1 is 1.53 bits per heavy atom. The molecule has 2 N–H and O–H groups in total. The molecule has 0 amide bonds. The lowest BCUT2D eigenvalue weighted by molar-refractivity contribution is -0.146. The number of hydrogen-bond acceptors (Lipinski definition) is 5. The first-order chi connectivity index (χ1) is 8.96. The lowest BCUT2D eigenvalue weighted by atomic mass is 10.2. The molecule has 1 heterocycles. The molecule has 1 rings (SSSR count). The van der Waals surface area contributed by atoms with Crippen molar-refractivity contribution < 1.29 is 23.1 Å². The summed E-state index contributed by atoms with van der Waals surface area (Å²) in [6.07, 6.45) is 1.57. The van der Waals surface area contributed by atoms with Gasteiger partial charge < -0.3 is 9.84 Å². The fourth-order valence-corrected chi connectivity index (χ4v) is 3.72. The number of rotatable bonds is 7. The number of carbonyl (C=O) groups excluding carboxylic acids is 1. The summed E-state index contributed by atoms with van der Waals surface area (Å²) in [6.45, 7) is 3.71. The predicted octanol–water partition coefficient (Wildman–Crippen LogP) is -0.381. The lowest BCUT2D eigenvalue weighted by Gasteiger charge is -2.25. The summed E-state index contributed by atoms with van der Waals surface area (Å²) in [4.78, 5) is 11.7. The number of carbonyl (C=O) groups is 1. The first-order valence-electron chi connectivity index (χ1n) is 6.52. The Balaban J connectivity index is 2.78. The molecule has 1 unspecified atom stereocenters. The van der Waals surface area contributed by atoms with Gasteiger partial charge in [-0.05, 0) is 26.2 Å². The maximum absolute atomic E-state index is 12.2. The van der Waals surface area contributed by atoms with Crippen LogP contribution in [0.25, 0.3) is 0 Å². The third-order valence-corrected chi connectivity index (χ3v) is 4.79. The van der Waals surface area contributed by atoms with Crippen molar-refractivity contribution in [2.24, 2.45) is 0 Å². The summed E-state index contributed by atoms with van der Waals surface area (Å²) in [6, 6.07) is -1.29. The van der Waals surface area contributed by atoms with E-state index in [9.17, 15) is 13.2 Å². The van der Waals surface area contributed by atoms with Gasteiger partial charge in [0, 0.05) is 12.6 Å². The van der Waals surface area contributed by atoms with Gasteiger partial charge in [0.05, 0.1) is 13.2 Å². The van der Waals surface area contributed by atoms with Gasteiger partial charge >= 0.3 is 5.97 Å². The van der Waals surface area contributed by atoms with Gasteiger partial charge in [-0.15, -0.1) is 0 Å². The monoisotopic (exact) mass is 294 g/mol. The van der Waals surface area contributed by atoms with Crippen LogP contribution >= 0.6 is 0 Å². The quantitative estimate of drug-likeness (QED) is 0.624. The number of ether oxygens (including phenoxy) is 1. The molecule has 19 heavy (non-hydrogen) atoms. The Kier molecular flexibility index (Phi) is 6.18. The van der Waals surface area contributed by atoms with E-state index < -0.39 is 28.3 Å². The van der Waals surface area contributed by atoms with Gasteiger partial charge in [-0.25, -0.2) is 0 Å². The van der Waals surface area contributed by atoms with Crippen molar-refractivity contribution in [2.45, 2.75) is 45.2 Å². The minimum atomic E-state index is -3.77. The third-order valence-electron chi connectivity index (χ3n) is 3.10. The third kappa shape index (κ3) is 4.13. The Morgan fingerprint density at radius 2 is 2.21 bits per heavy atom. The molecule has 0 spiro atoms. The molecular formula is C11H22N2O5S. The zero-order valence-corrected chi connectivity index (χ0v) is 12.1. The topological polar surface area (TPSA) is 95.9 Å². The number of nitrogens with zero attached hydrogens (tertiary/aromatic N) is 1. The highest BCUT2D eigenvalue weighted by molar-refractivity contribution is 7.87. The largest absolute Gasteiger partial charge is 0.465 e. The van der Waals surface area contributed by atoms with Crippen molar-refractivity contribution in [1.82, 2.24) is 9.03 Å². The van der Waals surface area contributed by atoms with Crippen molar-refractivity contribution in [1.29, 1.82) is 0 Å². The van der Waals surface area contributed by atoms with Gasteiger partial charge in [0.25, 0.3) is 10.2 Å². The molecule has 0 aromatic heterocycles. The first kappa shape index (κ1) is 16.4. The zero-order valence-electron chi connectivity index (χ0n) is 11.3. The van der Waals surface area contributed by atoms with E-state index in [0.29, 0.717) is 25.8 Å². The summed E-state index contributed by atoms with van der Waals surface area (Å²) in [7, 11) is -3.77. The Morgan fingerprint density at radius 3 is 2.74 bits per heavy atom. The van der Waals surface area contributed by atoms with Crippen LogP contribution in [-0.4, -0.2) is 55.6 Å². The molecule has 0 radical (unpaired) electrons. The van der Waals surface area contributed by atoms with Crippen molar-refractivity contribution >= 4 is 16.2 Å². The van der Waals surface area contributed by atoms with E-state index in [0.717, 1.165) is 4.31 Å². The maximum atomic E-state index is 12.2. The van der Waals surface area contributed by atoms with E-state index in [-0.39, 0.29) is 13.2 Å². The average Bonchev–Trinajstić information content (AvgIpc) is 2.86. The summed E-state index contributed by atoms with van der Waals surface area (Å²) in [5.74, 6) is -0.512. The van der Waals surface area contributed by atoms with E-state index in [1.165, 1.54) is 0 Å². The van der Waals surface area contributed by atoms with Gasteiger partial charge in [0.15, 0.2) is 0 Å². The second-order valence-electron chi connectivity index (χ2n) is 4.43. The number of nitrogens with one attached hydrogen (secondary N) is 1. The fourth-order valence-electron chi connectivity index (χ4n) is 2.03. The number of esters is 1. The highest BCUT2D eigenvalue weighted by Crippen LogP contribution is 2.21. The summed E-state index contributed by atoms with van der Waals surface area (Å²) in [5.41, 5.74) is 0. The smallest absolute Gasteiger partial charge is 0.324 e. The molecule has 8 heteroatoms. The predicted molar refractivity (Wildman–Crippen MR) is 69.6 cm³/mol. The molecule has 1 aliphatic rings. The molecular weight excluding hydrogens is 272 g/mol. The van der Waals surface area contributed by atoms with Crippen LogP contribution in [-0.2, 0) is 19.7 Å². The number of aliphatic hydroxyl groups is 1. The molecule has 7 nitrogen and oxygen atoms in total. The minimum Gasteiger partial charge on any atom is -0.465 e. The highest BCUT2D eigenvalue weighted by Gasteiger charge is 2.40. The Bertz CT molecular complexity index is 394. The van der Waals surface area contributed by atoms with Crippen LogP contribution in [0, 0.1) is 0 Å². The second kappa shape index (κ2) is 7.18. The van der Waals surface area contributed by atoms with E-state index in [1.54, 1.807) is 13.8 Å². The molecule has 1 fully saturated rings. The molecule has 1 saturated heterocycles. The molecule has 0 bridgehead atoms. The fraction of sp³-hybridized carbons (Fsp3) is 0.909. The van der Waals surface area contributed by atoms with Gasteiger partial charge in [-0.3, -0.25) is 4.79 Å². The lowest BCUT2D eigenvalue weighted by Crippen LogP contribution is -2.50. The minimum absolute atomic E-state index is 0.227. The normalized spacial score (nSPS) is 22.4. The second-order valence-corrected chi connectivity index (χ2v) is 6.09. The van der Waals surface area contributed by atoms with E-state index in [2.05, 4.69) is 4.72 Å². The van der Waals surface area contributed by atoms with E-state index in [4.69, 9.17) is 9.84 Å². The van der Waals surface area contributed by atoms with Gasteiger partial charge in [0.1, 0.15) is 6.04 Å². The molecule has 1 aliphatic heterocycles. The van der Waals surface area contributed by atoms with Crippen LogP contribution < -0.4 is 4.72 Å². The van der Waals surface area contributed by atoms with Crippen molar-refractivity contribution in [3.8, 4) is 0 Å². The molecule has 0 aromatic carbocycles. The van der Waals surface area contributed by atoms with Crippen LogP contribution in [0.3, 0.4) is 0 Å². The molecule has 0 aromatic rings. The number of aliphatic hydroxyl groups excluding tert-OH is 1. The summed E-state index contributed by atoms with van der Waals surface area (Å²) in [5, 5.41) is 9.05. The number of hydrogen-bond donors (Lipinski definition) is 2. The van der Waals surface area contributed by atoms with Crippen molar-refractivity contribution in [3.05, 3.63) is 0 Å². The first-order valence-corrected chi connectivity index (χ1v) is 7.96. The Labute approximate surface area is 114 Å². The van der Waals surface area contributed by atoms with Crippen LogP contribution in [0.5, 0.6) is 0 Å². The highest BCUT2D eigenvalue weighted by atomic mass is 32.2. The van der Waals surface area contributed by atoms with Crippen LogP contribution in [0.15, 0.2) is 0 Å². The zero-order chi connectivity index (χ0) is 14.5. The molecule has 0 saturated carbocycles. The molecule has 2 atom stereocenters. The van der Waals surface area contributed by atoms with E-state index >= 15 is 0 Å². The van der Waals surface area contributed by atoms with Crippen LogP contribution in [0.2, 0.25) is 0 Å². The SMILES string of the molecule is CCOC(=O)C1CCCN1S(=O)(=O)N[C@@H](CC)CO. The summed E-state index contributed by atoms with van der Waals surface area (Å²) >= 11 is 0. The Hall–Kier alpha value is -0.700.